The molecule has 0 aliphatic rings. The molecule has 25 heavy (non-hydrogen) atoms. The molecular formula is C18H14N2O3S2. The molecule has 2 amide bonds. The van der Waals surface area contributed by atoms with E-state index in [9.17, 15) is 14.4 Å². The van der Waals surface area contributed by atoms with Crippen LogP contribution in [0.1, 0.15) is 19.4 Å². The summed E-state index contributed by atoms with van der Waals surface area (Å²) in [7, 11) is 0. The van der Waals surface area contributed by atoms with Crippen molar-refractivity contribution in [2.24, 2.45) is 0 Å². The molecule has 2 heterocycles. The van der Waals surface area contributed by atoms with Crippen molar-refractivity contribution in [2.75, 3.05) is 5.32 Å². The molecule has 0 spiro atoms. The molecule has 0 radical (unpaired) electrons. The number of rotatable bonds is 5. The largest absolute Gasteiger partial charge is 0.343 e. The van der Waals surface area contributed by atoms with E-state index in [4.69, 9.17) is 0 Å². The van der Waals surface area contributed by atoms with E-state index in [0.29, 0.717) is 15.4 Å². The second kappa shape index (κ2) is 7.87. The van der Waals surface area contributed by atoms with E-state index in [-0.39, 0.29) is 12.3 Å². The summed E-state index contributed by atoms with van der Waals surface area (Å²) in [6.45, 7) is 0.198. The minimum absolute atomic E-state index is 0.0283. The number of hydrogen-bond acceptors (Lipinski definition) is 5. The Morgan fingerprint density at radius 1 is 0.840 bits per heavy atom. The van der Waals surface area contributed by atoms with Gasteiger partial charge in [-0.15, -0.1) is 22.7 Å². The molecule has 0 saturated heterocycles. The fraction of sp³-hybridized carbons (Fsp3) is 0.0556. The first-order valence-electron chi connectivity index (χ1n) is 7.44. The van der Waals surface area contributed by atoms with E-state index in [1.165, 1.54) is 22.7 Å². The van der Waals surface area contributed by atoms with Crippen LogP contribution in [0.15, 0.2) is 60.0 Å². The highest BCUT2D eigenvalue weighted by molar-refractivity contribution is 7.16. The van der Waals surface area contributed by atoms with Crippen LogP contribution in [-0.2, 0) is 16.1 Å². The Kier molecular flexibility index (Phi) is 5.37. The number of nitrogens with one attached hydrogen (secondary N) is 2. The van der Waals surface area contributed by atoms with E-state index in [0.717, 1.165) is 4.88 Å². The molecule has 126 valence electrons. The van der Waals surface area contributed by atoms with E-state index >= 15 is 0 Å². The molecule has 0 atom stereocenters. The predicted molar refractivity (Wildman–Crippen MR) is 99.0 cm³/mol. The lowest BCUT2D eigenvalue weighted by molar-refractivity contribution is -0.136. The molecule has 0 bridgehead atoms. The lowest BCUT2D eigenvalue weighted by Crippen LogP contribution is -2.34. The SMILES string of the molecule is O=C(NCc1ccc(C(=O)c2cccs2)s1)C(=O)Nc1ccccc1. The Balaban J connectivity index is 1.54. The number of carbonyl (C=O) groups is 3. The molecule has 3 rings (SSSR count). The van der Waals surface area contributed by atoms with Crippen molar-refractivity contribution < 1.29 is 14.4 Å². The van der Waals surface area contributed by atoms with Gasteiger partial charge in [-0.2, -0.15) is 0 Å². The summed E-state index contributed by atoms with van der Waals surface area (Å²) in [6.07, 6.45) is 0. The number of hydrogen-bond donors (Lipinski definition) is 2. The quantitative estimate of drug-likeness (QED) is 0.534. The maximum absolute atomic E-state index is 12.2. The van der Waals surface area contributed by atoms with Gasteiger partial charge in [-0.1, -0.05) is 24.3 Å². The van der Waals surface area contributed by atoms with Crippen molar-refractivity contribution in [2.45, 2.75) is 6.54 Å². The Hall–Kier alpha value is -2.77. The van der Waals surface area contributed by atoms with Crippen molar-refractivity contribution in [1.29, 1.82) is 0 Å². The van der Waals surface area contributed by atoms with Gasteiger partial charge in [0.15, 0.2) is 0 Å². The summed E-state index contributed by atoms with van der Waals surface area (Å²) < 4.78 is 0. The molecule has 2 aromatic heterocycles. The Bertz CT molecular complexity index is 886. The van der Waals surface area contributed by atoms with Crippen LogP contribution in [0.2, 0.25) is 0 Å². The van der Waals surface area contributed by atoms with Gasteiger partial charge in [0.1, 0.15) is 0 Å². The number of thiophene rings is 2. The molecule has 0 aliphatic carbocycles. The van der Waals surface area contributed by atoms with Crippen molar-refractivity contribution in [3.8, 4) is 0 Å². The zero-order valence-electron chi connectivity index (χ0n) is 13.0. The number of para-hydroxylation sites is 1. The first-order valence-corrected chi connectivity index (χ1v) is 9.14. The molecule has 7 heteroatoms. The van der Waals surface area contributed by atoms with Crippen molar-refractivity contribution >= 4 is 46.0 Å². The highest BCUT2D eigenvalue weighted by Gasteiger charge is 2.15. The Morgan fingerprint density at radius 3 is 2.36 bits per heavy atom. The molecule has 0 aliphatic heterocycles. The average molecular weight is 370 g/mol. The topological polar surface area (TPSA) is 75.3 Å². The zero-order chi connectivity index (χ0) is 17.6. The van der Waals surface area contributed by atoms with E-state index in [2.05, 4.69) is 10.6 Å². The second-order valence-corrected chi connectivity index (χ2v) is 7.19. The number of ketones is 1. The molecule has 5 nitrogen and oxygen atoms in total. The van der Waals surface area contributed by atoms with Crippen LogP contribution in [-0.4, -0.2) is 17.6 Å². The van der Waals surface area contributed by atoms with E-state index in [1.807, 2.05) is 17.5 Å². The van der Waals surface area contributed by atoms with Crippen LogP contribution in [0.25, 0.3) is 0 Å². The van der Waals surface area contributed by atoms with Crippen LogP contribution in [0, 0.1) is 0 Å². The number of anilines is 1. The highest BCUT2D eigenvalue weighted by atomic mass is 32.1. The number of benzene rings is 1. The third-order valence-corrected chi connectivity index (χ3v) is 5.24. The van der Waals surface area contributed by atoms with Crippen LogP contribution >= 0.6 is 22.7 Å². The maximum atomic E-state index is 12.2. The van der Waals surface area contributed by atoms with Gasteiger partial charge in [-0.3, -0.25) is 14.4 Å². The van der Waals surface area contributed by atoms with E-state index < -0.39 is 11.8 Å². The Morgan fingerprint density at radius 2 is 1.64 bits per heavy atom. The molecule has 2 N–H and O–H groups in total. The molecule has 1 aromatic carbocycles. The molecule has 0 saturated carbocycles. The smallest absolute Gasteiger partial charge is 0.313 e. The summed E-state index contributed by atoms with van der Waals surface area (Å²) in [4.78, 5) is 38.0. The van der Waals surface area contributed by atoms with Gasteiger partial charge in [-0.05, 0) is 35.7 Å². The van der Waals surface area contributed by atoms with Crippen LogP contribution < -0.4 is 10.6 Å². The van der Waals surface area contributed by atoms with Crippen molar-refractivity contribution in [3.05, 3.63) is 74.6 Å². The minimum Gasteiger partial charge on any atom is -0.343 e. The normalized spacial score (nSPS) is 10.2. The summed E-state index contributed by atoms with van der Waals surface area (Å²) in [5, 5.41) is 6.93. The average Bonchev–Trinajstić information content (AvgIpc) is 3.32. The first-order chi connectivity index (χ1) is 12.1. The number of amides is 2. The first kappa shape index (κ1) is 17.1. The third-order valence-electron chi connectivity index (χ3n) is 3.29. The van der Waals surface area contributed by atoms with Gasteiger partial charge < -0.3 is 10.6 Å². The highest BCUT2D eigenvalue weighted by Crippen LogP contribution is 2.22. The van der Waals surface area contributed by atoms with Gasteiger partial charge in [0, 0.05) is 10.6 Å². The van der Waals surface area contributed by atoms with Gasteiger partial charge >= 0.3 is 11.8 Å². The predicted octanol–water partition coefficient (Wildman–Crippen LogP) is 3.30. The van der Waals surface area contributed by atoms with Gasteiger partial charge in [-0.25, -0.2) is 0 Å². The van der Waals surface area contributed by atoms with Crippen LogP contribution in [0.3, 0.4) is 0 Å². The fourth-order valence-corrected chi connectivity index (χ4v) is 3.73. The molecule has 0 unspecified atom stereocenters. The lowest BCUT2D eigenvalue weighted by Gasteiger charge is -2.05. The zero-order valence-corrected chi connectivity index (χ0v) is 14.7. The van der Waals surface area contributed by atoms with Gasteiger partial charge in [0.05, 0.1) is 16.3 Å². The molecular weight excluding hydrogens is 356 g/mol. The monoisotopic (exact) mass is 370 g/mol. The minimum atomic E-state index is -0.724. The summed E-state index contributed by atoms with van der Waals surface area (Å²) >= 11 is 2.70. The fourth-order valence-electron chi connectivity index (χ4n) is 2.08. The summed E-state index contributed by atoms with van der Waals surface area (Å²) in [5.74, 6) is -1.47. The second-order valence-electron chi connectivity index (χ2n) is 5.08. The van der Waals surface area contributed by atoms with Gasteiger partial charge in [0.25, 0.3) is 0 Å². The summed E-state index contributed by atoms with van der Waals surface area (Å²) in [6, 6.07) is 15.9. The third kappa shape index (κ3) is 4.40. The lowest BCUT2D eigenvalue weighted by atomic mass is 10.3. The molecule has 0 fully saturated rings. The Labute approximate surface area is 152 Å². The van der Waals surface area contributed by atoms with Crippen LogP contribution in [0.4, 0.5) is 5.69 Å². The van der Waals surface area contributed by atoms with Crippen LogP contribution in [0.5, 0.6) is 0 Å². The number of carbonyl (C=O) groups excluding carboxylic acids is 3. The van der Waals surface area contributed by atoms with Gasteiger partial charge in [0.2, 0.25) is 5.78 Å². The molecule has 3 aromatic rings. The van der Waals surface area contributed by atoms with Crippen molar-refractivity contribution in [3.63, 3.8) is 0 Å². The summed E-state index contributed by atoms with van der Waals surface area (Å²) in [5.41, 5.74) is 0.558. The standard InChI is InChI=1S/C18H14N2O3S2/c21-16(14-7-4-10-24-14)15-9-8-13(25-15)11-19-17(22)18(23)20-12-5-2-1-3-6-12/h1-10H,11H2,(H,19,22)(H,20,23). The van der Waals surface area contributed by atoms with E-state index in [1.54, 1.807) is 42.5 Å². The maximum Gasteiger partial charge on any atom is 0.313 e. The van der Waals surface area contributed by atoms with Crippen molar-refractivity contribution in [1.82, 2.24) is 5.32 Å².